The summed E-state index contributed by atoms with van der Waals surface area (Å²) < 4.78 is 13.1. The summed E-state index contributed by atoms with van der Waals surface area (Å²) in [5.41, 5.74) is 3.67. The summed E-state index contributed by atoms with van der Waals surface area (Å²) in [7, 11) is 0. The van der Waals surface area contributed by atoms with Gasteiger partial charge in [-0.15, -0.1) is 0 Å². The van der Waals surface area contributed by atoms with Crippen LogP contribution >= 0.6 is 0 Å². The van der Waals surface area contributed by atoms with Crippen molar-refractivity contribution < 1.29 is 14.3 Å². The van der Waals surface area contributed by atoms with Crippen LogP contribution in [0.15, 0.2) is 59.9 Å². The van der Waals surface area contributed by atoms with Crippen LogP contribution in [0.4, 0.5) is 4.39 Å². The monoisotopic (exact) mass is 337 g/mol. The molecule has 0 saturated carbocycles. The van der Waals surface area contributed by atoms with Crippen molar-refractivity contribution in [3.63, 3.8) is 0 Å². The van der Waals surface area contributed by atoms with Gasteiger partial charge >= 0.3 is 0 Å². The molecule has 4 rings (SSSR count). The Morgan fingerprint density at radius 1 is 1.04 bits per heavy atom. The fourth-order valence-corrected chi connectivity index (χ4v) is 3.97. The number of hydrogen-bond donors (Lipinski definition) is 2. The molecule has 0 unspecified atom stereocenters. The molecule has 2 aliphatic rings. The molecule has 2 N–H and O–H groups in total. The van der Waals surface area contributed by atoms with E-state index in [2.05, 4.69) is 11.4 Å². The third-order valence-electron chi connectivity index (χ3n) is 5.22. The van der Waals surface area contributed by atoms with Gasteiger partial charge in [-0.05, 0) is 41.2 Å². The minimum atomic E-state index is -0.297. The molecular formula is C21H20FNO2. The number of carbonyl (C=O) groups is 1. The van der Waals surface area contributed by atoms with Crippen LogP contribution < -0.4 is 5.32 Å². The third-order valence-corrected chi connectivity index (χ3v) is 5.22. The predicted molar refractivity (Wildman–Crippen MR) is 93.9 cm³/mol. The first-order valence-corrected chi connectivity index (χ1v) is 8.65. The minimum Gasteiger partial charge on any atom is -0.512 e. The van der Waals surface area contributed by atoms with Gasteiger partial charge in [-0.3, -0.25) is 4.79 Å². The molecule has 0 bridgehead atoms. The van der Waals surface area contributed by atoms with Gasteiger partial charge in [0, 0.05) is 19.4 Å². The lowest BCUT2D eigenvalue weighted by molar-refractivity contribution is -0.117. The quantitative estimate of drug-likeness (QED) is 0.872. The summed E-state index contributed by atoms with van der Waals surface area (Å²) in [6.07, 6.45) is 1.67. The number of aliphatic hydroxyl groups is 1. The van der Waals surface area contributed by atoms with E-state index in [4.69, 9.17) is 0 Å². The molecule has 2 aromatic carbocycles. The highest BCUT2D eigenvalue weighted by molar-refractivity contribution is 5.98. The Bertz CT molecular complexity index is 841. The number of ketones is 1. The van der Waals surface area contributed by atoms with E-state index in [1.165, 1.54) is 17.7 Å². The molecule has 0 radical (unpaired) electrons. The molecule has 1 aliphatic carbocycles. The largest absolute Gasteiger partial charge is 0.512 e. The number of Topliss-reactive ketones (excluding diaryl/α,β-unsaturated/α-hetero) is 1. The molecule has 1 aliphatic heterocycles. The Morgan fingerprint density at radius 3 is 2.56 bits per heavy atom. The first kappa shape index (κ1) is 16.0. The number of fused-ring (bicyclic) bond motifs is 1. The molecule has 4 heteroatoms. The molecule has 2 atom stereocenters. The van der Waals surface area contributed by atoms with Crippen molar-refractivity contribution in [1.29, 1.82) is 0 Å². The highest BCUT2D eigenvalue weighted by Crippen LogP contribution is 2.39. The van der Waals surface area contributed by atoms with Gasteiger partial charge in [0.05, 0.1) is 11.6 Å². The molecule has 0 saturated heterocycles. The van der Waals surface area contributed by atoms with Crippen LogP contribution in [0.1, 0.15) is 41.5 Å². The van der Waals surface area contributed by atoms with E-state index < -0.39 is 0 Å². The van der Waals surface area contributed by atoms with Gasteiger partial charge in [0.2, 0.25) is 0 Å². The van der Waals surface area contributed by atoms with Crippen LogP contribution in [0.2, 0.25) is 0 Å². The van der Waals surface area contributed by atoms with Gasteiger partial charge in [-0.1, -0.05) is 36.4 Å². The number of aliphatic hydroxyl groups excluding tert-OH is 1. The molecule has 25 heavy (non-hydrogen) atoms. The summed E-state index contributed by atoms with van der Waals surface area (Å²) in [6.45, 7) is 0.785. The van der Waals surface area contributed by atoms with E-state index in [-0.39, 0.29) is 29.3 Å². The summed E-state index contributed by atoms with van der Waals surface area (Å²) in [6, 6.07) is 14.0. The minimum absolute atomic E-state index is 0.0349. The van der Waals surface area contributed by atoms with Gasteiger partial charge in [-0.25, -0.2) is 4.39 Å². The number of benzene rings is 2. The first-order chi connectivity index (χ1) is 12.1. The van der Waals surface area contributed by atoms with E-state index in [1.807, 2.05) is 18.2 Å². The van der Waals surface area contributed by atoms with Gasteiger partial charge in [0.25, 0.3) is 0 Å². The van der Waals surface area contributed by atoms with Crippen LogP contribution in [0.5, 0.6) is 0 Å². The van der Waals surface area contributed by atoms with Crippen LogP contribution in [-0.2, 0) is 11.2 Å². The zero-order valence-corrected chi connectivity index (χ0v) is 13.8. The van der Waals surface area contributed by atoms with Crippen molar-refractivity contribution in [3.8, 4) is 0 Å². The maximum Gasteiger partial charge on any atom is 0.164 e. The topological polar surface area (TPSA) is 49.3 Å². The summed E-state index contributed by atoms with van der Waals surface area (Å²) in [5.74, 6) is -0.280. The second-order valence-electron chi connectivity index (χ2n) is 6.78. The summed E-state index contributed by atoms with van der Waals surface area (Å²) in [4.78, 5) is 12.8. The van der Waals surface area contributed by atoms with E-state index in [0.29, 0.717) is 18.4 Å². The van der Waals surface area contributed by atoms with Crippen LogP contribution in [0, 0.1) is 5.82 Å². The highest BCUT2D eigenvalue weighted by atomic mass is 19.1. The number of hydrogen-bond acceptors (Lipinski definition) is 3. The van der Waals surface area contributed by atoms with Crippen molar-refractivity contribution in [1.82, 2.24) is 5.32 Å². The molecule has 2 aromatic rings. The standard InChI is InChI=1S/C21H20FNO2/c22-16-7-5-13(6-8-16)15-11-18(24)20(19(25)12-15)21-17-4-2-1-3-14(17)9-10-23-21/h1-8,15,21,23-24H,9-12H2/t15-,21+/m0/s1. The average Bonchev–Trinajstić information content (AvgIpc) is 2.62. The van der Waals surface area contributed by atoms with E-state index in [0.717, 1.165) is 24.1 Å². The van der Waals surface area contributed by atoms with Crippen molar-refractivity contribution in [2.45, 2.75) is 31.2 Å². The fourth-order valence-electron chi connectivity index (χ4n) is 3.97. The lowest BCUT2D eigenvalue weighted by atomic mass is 9.78. The number of allylic oxidation sites excluding steroid dienone is 1. The molecule has 0 spiro atoms. The van der Waals surface area contributed by atoms with Crippen LogP contribution in [0.25, 0.3) is 0 Å². The SMILES string of the molecule is O=C1C[C@@H](c2ccc(F)cc2)CC(O)=C1[C@@H]1NCCc2ccccc21. The Kier molecular flexibility index (Phi) is 4.14. The van der Waals surface area contributed by atoms with Crippen molar-refractivity contribution >= 4 is 5.78 Å². The summed E-state index contributed by atoms with van der Waals surface area (Å²) >= 11 is 0. The lowest BCUT2D eigenvalue weighted by Crippen LogP contribution is -2.35. The Labute approximate surface area is 146 Å². The number of rotatable bonds is 2. The van der Waals surface area contributed by atoms with Gasteiger partial charge in [0.15, 0.2) is 5.78 Å². The average molecular weight is 337 g/mol. The van der Waals surface area contributed by atoms with Crippen molar-refractivity contribution in [3.05, 3.63) is 82.4 Å². The van der Waals surface area contributed by atoms with Crippen LogP contribution in [-0.4, -0.2) is 17.4 Å². The molecule has 1 heterocycles. The van der Waals surface area contributed by atoms with E-state index in [9.17, 15) is 14.3 Å². The van der Waals surface area contributed by atoms with Gasteiger partial charge < -0.3 is 10.4 Å². The predicted octanol–water partition coefficient (Wildman–Crippen LogP) is 3.97. The van der Waals surface area contributed by atoms with Crippen molar-refractivity contribution in [2.24, 2.45) is 0 Å². The molecular weight excluding hydrogens is 317 g/mol. The maximum atomic E-state index is 13.1. The molecule has 128 valence electrons. The maximum absolute atomic E-state index is 13.1. The highest BCUT2D eigenvalue weighted by Gasteiger charge is 2.35. The Hall–Kier alpha value is -2.46. The first-order valence-electron chi connectivity index (χ1n) is 8.65. The third kappa shape index (κ3) is 2.98. The zero-order chi connectivity index (χ0) is 17.4. The molecule has 0 amide bonds. The number of carbonyl (C=O) groups excluding carboxylic acids is 1. The number of nitrogens with one attached hydrogen (secondary N) is 1. The molecule has 0 fully saturated rings. The lowest BCUT2D eigenvalue weighted by Gasteiger charge is -2.32. The van der Waals surface area contributed by atoms with Gasteiger partial charge in [0.1, 0.15) is 11.6 Å². The Morgan fingerprint density at radius 2 is 1.80 bits per heavy atom. The smallest absolute Gasteiger partial charge is 0.164 e. The Balaban J connectivity index is 1.66. The van der Waals surface area contributed by atoms with E-state index >= 15 is 0 Å². The summed E-state index contributed by atoms with van der Waals surface area (Å²) in [5, 5.41) is 14.0. The molecule has 0 aromatic heterocycles. The zero-order valence-electron chi connectivity index (χ0n) is 13.8. The second kappa shape index (κ2) is 6.45. The second-order valence-corrected chi connectivity index (χ2v) is 6.78. The fraction of sp³-hybridized carbons (Fsp3) is 0.286. The number of halogens is 1. The van der Waals surface area contributed by atoms with Crippen molar-refractivity contribution in [2.75, 3.05) is 6.54 Å². The molecule has 3 nitrogen and oxygen atoms in total. The van der Waals surface area contributed by atoms with Crippen LogP contribution in [0.3, 0.4) is 0 Å². The van der Waals surface area contributed by atoms with E-state index in [1.54, 1.807) is 12.1 Å². The van der Waals surface area contributed by atoms with Gasteiger partial charge in [-0.2, -0.15) is 0 Å². The normalized spacial score (nSPS) is 23.5.